The van der Waals surface area contributed by atoms with E-state index in [0.29, 0.717) is 19.0 Å². The molecule has 0 aliphatic rings. The van der Waals surface area contributed by atoms with Crippen LogP contribution < -0.4 is 15.4 Å². The normalized spacial score (nSPS) is 10.4. The van der Waals surface area contributed by atoms with Crippen molar-refractivity contribution >= 4 is 11.5 Å². The van der Waals surface area contributed by atoms with Gasteiger partial charge >= 0.3 is 0 Å². The molecule has 2 N–H and O–H groups in total. The first-order valence-corrected chi connectivity index (χ1v) is 7.39. The van der Waals surface area contributed by atoms with Crippen molar-refractivity contribution in [2.75, 3.05) is 24.6 Å². The smallest absolute Gasteiger partial charge is 0.215 e. The number of aryl methyl sites for hydroxylation is 1. The van der Waals surface area contributed by atoms with Crippen molar-refractivity contribution in [3.05, 3.63) is 48.0 Å². The predicted molar refractivity (Wildman–Crippen MR) is 87.3 cm³/mol. The first kappa shape index (κ1) is 15.3. The zero-order valence-corrected chi connectivity index (χ0v) is 12.7. The third kappa shape index (κ3) is 3.95. The third-order valence-electron chi connectivity index (χ3n) is 3.27. The average Bonchev–Trinajstić information content (AvgIpc) is 2.50. The highest BCUT2D eigenvalue weighted by molar-refractivity contribution is 5.63. The molecule has 0 radical (unpaired) electrons. The highest BCUT2D eigenvalue weighted by Crippen LogP contribution is 2.28. The summed E-state index contributed by atoms with van der Waals surface area (Å²) in [5, 5.41) is 0. The topological polar surface area (TPSA) is 51.4 Å². The molecule has 1 aromatic heterocycles. The number of ether oxygens (including phenoxy) is 1. The van der Waals surface area contributed by atoms with Gasteiger partial charge in [0.1, 0.15) is 5.82 Å². The lowest BCUT2D eigenvalue weighted by atomic mass is 10.1. The van der Waals surface area contributed by atoms with Crippen molar-refractivity contribution in [3.63, 3.8) is 0 Å². The number of aromatic nitrogens is 1. The quantitative estimate of drug-likeness (QED) is 0.848. The largest absolute Gasteiger partial charge is 0.478 e. The second-order valence-corrected chi connectivity index (χ2v) is 4.85. The maximum absolute atomic E-state index is 5.68. The van der Waals surface area contributed by atoms with E-state index in [1.54, 1.807) is 0 Å². The van der Waals surface area contributed by atoms with E-state index in [2.05, 4.69) is 28.9 Å². The van der Waals surface area contributed by atoms with Crippen LogP contribution in [0.3, 0.4) is 0 Å². The summed E-state index contributed by atoms with van der Waals surface area (Å²) in [5.41, 5.74) is 8.06. The summed E-state index contributed by atoms with van der Waals surface area (Å²) in [6.07, 6.45) is 0.912. The van der Waals surface area contributed by atoms with Crippen molar-refractivity contribution in [2.24, 2.45) is 5.73 Å². The summed E-state index contributed by atoms with van der Waals surface area (Å²) in [5.74, 6) is 1.55. The van der Waals surface area contributed by atoms with Gasteiger partial charge in [0, 0.05) is 18.3 Å². The number of hydrogen-bond acceptors (Lipinski definition) is 4. The minimum atomic E-state index is 0.615. The fourth-order valence-electron chi connectivity index (χ4n) is 2.26. The highest BCUT2D eigenvalue weighted by atomic mass is 16.5. The van der Waals surface area contributed by atoms with Gasteiger partial charge in [0.2, 0.25) is 5.88 Å². The van der Waals surface area contributed by atoms with Crippen molar-refractivity contribution < 1.29 is 4.74 Å². The van der Waals surface area contributed by atoms with Gasteiger partial charge in [-0.25, -0.2) is 0 Å². The molecule has 0 aliphatic heterocycles. The lowest BCUT2D eigenvalue weighted by molar-refractivity contribution is 0.327. The average molecular weight is 285 g/mol. The van der Waals surface area contributed by atoms with E-state index in [-0.39, 0.29) is 0 Å². The summed E-state index contributed by atoms with van der Waals surface area (Å²) in [6.45, 7) is 6.18. The summed E-state index contributed by atoms with van der Waals surface area (Å²) in [4.78, 5) is 6.80. The Balaban J connectivity index is 2.36. The van der Waals surface area contributed by atoms with Crippen LogP contribution in [-0.4, -0.2) is 24.7 Å². The molecule has 0 saturated carbocycles. The molecule has 0 atom stereocenters. The van der Waals surface area contributed by atoms with E-state index in [9.17, 15) is 0 Å². The van der Waals surface area contributed by atoms with E-state index >= 15 is 0 Å². The van der Waals surface area contributed by atoms with Gasteiger partial charge in [0.25, 0.3) is 0 Å². The van der Waals surface area contributed by atoms with Crippen LogP contribution in [0.2, 0.25) is 0 Å². The monoisotopic (exact) mass is 285 g/mol. The number of para-hydroxylation sites is 1. The Bertz CT molecular complexity index is 571. The van der Waals surface area contributed by atoms with E-state index < -0.39 is 0 Å². The van der Waals surface area contributed by atoms with Crippen molar-refractivity contribution in [2.45, 2.75) is 20.3 Å². The lowest BCUT2D eigenvalue weighted by Crippen LogP contribution is -2.22. The Hall–Kier alpha value is -2.07. The summed E-state index contributed by atoms with van der Waals surface area (Å²) in [6, 6.07) is 14.2. The van der Waals surface area contributed by atoms with Crippen LogP contribution in [0.25, 0.3) is 0 Å². The number of hydrogen-bond donors (Lipinski definition) is 1. The number of nitrogens with two attached hydrogens (primary N) is 1. The van der Waals surface area contributed by atoms with Gasteiger partial charge in [0.15, 0.2) is 0 Å². The van der Waals surface area contributed by atoms with Crippen LogP contribution in [0.5, 0.6) is 5.88 Å². The highest BCUT2D eigenvalue weighted by Gasteiger charge is 2.13. The number of anilines is 2. The molecule has 2 aromatic rings. The first-order chi connectivity index (χ1) is 10.3. The SMILES string of the molecule is CCOc1cccc(N(CCCN)c2ccccc2C)n1. The van der Waals surface area contributed by atoms with Gasteiger partial charge < -0.3 is 15.4 Å². The summed E-state index contributed by atoms with van der Waals surface area (Å²) < 4.78 is 5.50. The zero-order valence-electron chi connectivity index (χ0n) is 12.7. The van der Waals surface area contributed by atoms with Crippen LogP contribution in [0.4, 0.5) is 11.5 Å². The van der Waals surface area contributed by atoms with Crippen LogP contribution in [0.15, 0.2) is 42.5 Å². The Morgan fingerprint density at radius 2 is 1.95 bits per heavy atom. The Kier molecular flexibility index (Phi) is 5.58. The first-order valence-electron chi connectivity index (χ1n) is 7.39. The molecular formula is C17H23N3O. The molecule has 1 aromatic carbocycles. The molecule has 2 rings (SSSR count). The standard InChI is InChI=1S/C17H23N3O/c1-3-21-17-11-6-10-16(19-17)20(13-7-12-18)15-9-5-4-8-14(15)2/h4-6,8-11H,3,7,12-13,18H2,1-2H3. The lowest BCUT2D eigenvalue weighted by Gasteiger charge is -2.25. The Morgan fingerprint density at radius 1 is 1.14 bits per heavy atom. The van der Waals surface area contributed by atoms with Gasteiger partial charge in [-0.05, 0) is 44.5 Å². The third-order valence-corrected chi connectivity index (χ3v) is 3.27. The predicted octanol–water partition coefficient (Wildman–Crippen LogP) is 3.28. The van der Waals surface area contributed by atoms with Gasteiger partial charge in [-0.15, -0.1) is 0 Å². The molecule has 0 aliphatic carbocycles. The minimum absolute atomic E-state index is 0.615. The van der Waals surface area contributed by atoms with Crippen LogP contribution >= 0.6 is 0 Å². The van der Waals surface area contributed by atoms with Gasteiger partial charge in [-0.1, -0.05) is 24.3 Å². The number of nitrogens with zero attached hydrogens (tertiary/aromatic N) is 2. The molecule has 0 saturated heterocycles. The van der Waals surface area contributed by atoms with Crippen LogP contribution in [0.1, 0.15) is 18.9 Å². The molecule has 0 bridgehead atoms. The summed E-state index contributed by atoms with van der Waals surface area (Å²) in [7, 11) is 0. The van der Waals surface area contributed by atoms with Gasteiger partial charge in [-0.2, -0.15) is 4.98 Å². The Labute approximate surface area is 126 Å². The minimum Gasteiger partial charge on any atom is -0.478 e. The molecule has 4 heteroatoms. The second-order valence-electron chi connectivity index (χ2n) is 4.85. The molecule has 1 heterocycles. The molecule has 4 nitrogen and oxygen atoms in total. The van der Waals surface area contributed by atoms with E-state index in [0.717, 1.165) is 24.5 Å². The maximum atomic E-state index is 5.68. The maximum Gasteiger partial charge on any atom is 0.215 e. The van der Waals surface area contributed by atoms with Crippen molar-refractivity contribution in [3.8, 4) is 5.88 Å². The number of benzene rings is 1. The molecule has 0 unspecified atom stereocenters. The molecule has 0 amide bonds. The molecule has 112 valence electrons. The van der Waals surface area contributed by atoms with Crippen LogP contribution in [-0.2, 0) is 0 Å². The van der Waals surface area contributed by atoms with E-state index in [1.807, 2.05) is 37.3 Å². The molecule has 21 heavy (non-hydrogen) atoms. The zero-order chi connectivity index (χ0) is 15.1. The molecular weight excluding hydrogens is 262 g/mol. The molecule has 0 fully saturated rings. The van der Waals surface area contributed by atoms with Crippen molar-refractivity contribution in [1.29, 1.82) is 0 Å². The van der Waals surface area contributed by atoms with Gasteiger partial charge in [-0.3, -0.25) is 0 Å². The molecule has 0 spiro atoms. The second kappa shape index (κ2) is 7.64. The number of rotatable bonds is 7. The van der Waals surface area contributed by atoms with E-state index in [4.69, 9.17) is 10.5 Å². The van der Waals surface area contributed by atoms with E-state index in [1.165, 1.54) is 5.56 Å². The summed E-state index contributed by atoms with van der Waals surface area (Å²) >= 11 is 0. The van der Waals surface area contributed by atoms with Gasteiger partial charge in [0.05, 0.1) is 6.61 Å². The fourth-order valence-corrected chi connectivity index (χ4v) is 2.26. The Morgan fingerprint density at radius 3 is 2.67 bits per heavy atom. The van der Waals surface area contributed by atoms with Crippen LogP contribution in [0, 0.1) is 6.92 Å². The van der Waals surface area contributed by atoms with Crippen molar-refractivity contribution in [1.82, 2.24) is 4.98 Å². The fraction of sp³-hybridized carbons (Fsp3) is 0.353. The number of pyridine rings is 1.